The van der Waals surface area contributed by atoms with E-state index in [0.29, 0.717) is 5.56 Å². The molecule has 16 heteroatoms. The van der Waals surface area contributed by atoms with E-state index in [1.54, 1.807) is 13.8 Å². The molecule has 0 radical (unpaired) electrons. The monoisotopic (exact) mass is 530 g/mol. The minimum Gasteiger partial charge on any atom is -0.394 e. The van der Waals surface area contributed by atoms with E-state index in [1.807, 2.05) is 0 Å². The second-order valence-electron chi connectivity index (χ2n) is 9.32. The van der Waals surface area contributed by atoms with Crippen molar-refractivity contribution in [2.45, 2.75) is 69.6 Å². The number of fused-ring (bicyclic) bond motifs is 5. The van der Waals surface area contributed by atoms with Gasteiger partial charge in [-0.25, -0.2) is 14.2 Å². The Morgan fingerprint density at radius 3 is 2.67 bits per heavy atom. The van der Waals surface area contributed by atoms with Crippen LogP contribution in [0, 0.1) is 12.8 Å². The number of ether oxygens (including phenoxy) is 2. The van der Waals surface area contributed by atoms with Gasteiger partial charge in [0, 0.05) is 19.0 Å². The van der Waals surface area contributed by atoms with Gasteiger partial charge in [0.2, 0.25) is 5.91 Å². The summed E-state index contributed by atoms with van der Waals surface area (Å²) in [5.41, 5.74) is -0.0892. The number of carbonyl (C=O) groups excluding carboxylic acids is 2. The zero-order valence-corrected chi connectivity index (χ0v) is 20.3. The number of aliphatic hydroxyl groups excluding tert-OH is 2. The number of aromatic nitrogens is 2. The average molecular weight is 530 g/mol. The summed E-state index contributed by atoms with van der Waals surface area (Å²) in [7, 11) is -4.72. The molecule has 9 atom stereocenters. The maximum atomic E-state index is 13.0. The maximum Gasteiger partial charge on any atom is 0.472 e. The largest absolute Gasteiger partial charge is 0.472 e. The summed E-state index contributed by atoms with van der Waals surface area (Å²) in [5.74, 6) is -1.43. The molecule has 6 bridgehead atoms. The molecule has 198 valence electrons. The number of rotatable bonds is 1. The van der Waals surface area contributed by atoms with Gasteiger partial charge in [0.25, 0.3) is 0 Å². The van der Waals surface area contributed by atoms with Crippen LogP contribution in [-0.2, 0) is 27.9 Å². The molecule has 0 saturated carbocycles. The number of urea groups is 1. The van der Waals surface area contributed by atoms with Gasteiger partial charge in [0.1, 0.15) is 30.8 Å². The first-order chi connectivity index (χ1) is 17.0. The van der Waals surface area contributed by atoms with Crippen LogP contribution in [-0.4, -0.2) is 85.4 Å². The second-order valence-corrected chi connectivity index (χ2v) is 10.7. The molecule has 3 fully saturated rings. The maximum absolute atomic E-state index is 13.0. The predicted molar refractivity (Wildman–Crippen MR) is 116 cm³/mol. The molecule has 1 aromatic rings. The Hall–Kier alpha value is -2.23. The number of aryl methyl sites for hydroxylation is 1. The Bertz CT molecular complexity index is 1180. The van der Waals surface area contributed by atoms with Gasteiger partial charge in [-0.2, -0.15) is 4.98 Å². The third-order valence-electron chi connectivity index (χ3n) is 6.96. The molecule has 3 amide bonds. The number of phosphoric acid groups is 1. The third-order valence-corrected chi connectivity index (χ3v) is 7.97. The average Bonchev–Trinajstić information content (AvgIpc) is 3.37. The van der Waals surface area contributed by atoms with Crippen LogP contribution < -0.4 is 11.0 Å². The summed E-state index contributed by atoms with van der Waals surface area (Å²) in [6.45, 7) is 2.11. The molecule has 1 aromatic heterocycles. The molecule has 6 heterocycles. The number of nitrogens with one attached hydrogen (secondary N) is 1. The van der Waals surface area contributed by atoms with Gasteiger partial charge in [-0.3, -0.25) is 28.6 Å². The summed E-state index contributed by atoms with van der Waals surface area (Å²) < 4.78 is 35.7. The fourth-order valence-corrected chi connectivity index (χ4v) is 6.07. The van der Waals surface area contributed by atoms with Crippen molar-refractivity contribution in [3.05, 3.63) is 27.9 Å². The van der Waals surface area contributed by atoms with Gasteiger partial charge >= 0.3 is 19.5 Å². The summed E-state index contributed by atoms with van der Waals surface area (Å²) in [6, 6.07) is -1.84. The first-order valence-corrected chi connectivity index (χ1v) is 13.0. The molecule has 3 saturated heterocycles. The molecule has 5 aliphatic rings. The van der Waals surface area contributed by atoms with Crippen LogP contribution in [0.5, 0.6) is 0 Å². The summed E-state index contributed by atoms with van der Waals surface area (Å²) >= 11 is 0. The number of nitrogens with zero attached hydrogens (tertiary/aromatic N) is 3. The van der Waals surface area contributed by atoms with E-state index in [1.165, 1.54) is 15.7 Å². The SMILES string of the molecule is Cc1cn2c(=O)nc1[C@H]1[C@@H](C)C(=O)NC(=O)N1[C@H]1C[C@H](OP(=O)(O)OC[C@H]3O[C@@H]2C[C@@H]3O)[C@@H](CO)O1. The van der Waals surface area contributed by atoms with E-state index in [9.17, 15) is 34.1 Å². The highest BCUT2D eigenvalue weighted by Crippen LogP contribution is 2.49. The number of hydrogen-bond acceptors (Lipinski definition) is 11. The van der Waals surface area contributed by atoms with Crippen LogP contribution in [0.15, 0.2) is 11.0 Å². The summed E-state index contributed by atoms with van der Waals surface area (Å²) in [6.07, 6.45) is -5.12. The van der Waals surface area contributed by atoms with Crippen molar-refractivity contribution in [3.8, 4) is 0 Å². The van der Waals surface area contributed by atoms with Crippen molar-refractivity contribution in [2.75, 3.05) is 13.2 Å². The van der Waals surface area contributed by atoms with E-state index in [0.717, 1.165) is 0 Å². The van der Waals surface area contributed by atoms with Crippen LogP contribution in [0.3, 0.4) is 0 Å². The number of imide groups is 1. The number of aliphatic hydroxyl groups is 2. The summed E-state index contributed by atoms with van der Waals surface area (Å²) in [5, 5.41) is 22.5. The molecule has 4 N–H and O–H groups in total. The lowest BCUT2D eigenvalue weighted by Gasteiger charge is -2.42. The van der Waals surface area contributed by atoms with E-state index in [2.05, 4.69) is 10.3 Å². The fourth-order valence-electron chi connectivity index (χ4n) is 5.11. The Balaban J connectivity index is 1.63. The van der Waals surface area contributed by atoms with Gasteiger partial charge in [-0.05, 0) is 12.5 Å². The van der Waals surface area contributed by atoms with Gasteiger partial charge in [0.05, 0.1) is 37.0 Å². The zero-order chi connectivity index (χ0) is 25.9. The first kappa shape index (κ1) is 25.4. The van der Waals surface area contributed by atoms with Crippen molar-refractivity contribution in [1.82, 2.24) is 19.8 Å². The summed E-state index contributed by atoms with van der Waals surface area (Å²) in [4.78, 5) is 54.3. The highest BCUT2D eigenvalue weighted by atomic mass is 31.2. The van der Waals surface area contributed by atoms with Crippen LogP contribution in [0.4, 0.5) is 4.79 Å². The standard InChI is InChI=1S/C20H27N4O11P/c1-8-5-23-14-3-10(26)13(34-14)7-32-36(30,31)35-11-4-15(33-12(11)6-25)24-17(16(8)21-19(23)28)9(2)18(27)22-20(24)29/h5,9-15,17,25-26H,3-4,6-7H2,1-2H3,(H,30,31)(H,22,27,29)/t9-,10+,11+,12-,13-,14-,15-,17-/m1/s1. The Morgan fingerprint density at radius 2 is 1.94 bits per heavy atom. The highest BCUT2D eigenvalue weighted by molar-refractivity contribution is 7.47. The second kappa shape index (κ2) is 9.26. The van der Waals surface area contributed by atoms with Crippen molar-refractivity contribution >= 4 is 19.8 Å². The van der Waals surface area contributed by atoms with Crippen LogP contribution in [0.2, 0.25) is 0 Å². The van der Waals surface area contributed by atoms with Crippen molar-refractivity contribution < 1.29 is 47.8 Å². The van der Waals surface area contributed by atoms with Gasteiger partial charge < -0.3 is 24.6 Å². The Kier molecular flexibility index (Phi) is 6.54. The molecule has 6 rings (SSSR count). The number of hydrogen-bond donors (Lipinski definition) is 4. The van der Waals surface area contributed by atoms with Crippen molar-refractivity contribution in [2.24, 2.45) is 5.92 Å². The molecular formula is C20H27N4O11P. The molecule has 1 unspecified atom stereocenters. The minimum atomic E-state index is -4.72. The van der Waals surface area contributed by atoms with Gasteiger partial charge in [-0.1, -0.05) is 6.92 Å². The van der Waals surface area contributed by atoms with E-state index >= 15 is 0 Å². The quantitative estimate of drug-likeness (QED) is 0.325. The zero-order valence-electron chi connectivity index (χ0n) is 19.4. The number of phosphoric ester groups is 1. The van der Waals surface area contributed by atoms with Crippen molar-refractivity contribution in [3.63, 3.8) is 0 Å². The van der Waals surface area contributed by atoms with Crippen LogP contribution in [0.25, 0.3) is 0 Å². The molecule has 15 nitrogen and oxygen atoms in total. The lowest BCUT2D eigenvalue weighted by Crippen LogP contribution is -2.59. The third kappa shape index (κ3) is 4.39. The Labute approximate surface area is 204 Å². The lowest BCUT2D eigenvalue weighted by atomic mass is 9.91. The topological polar surface area (TPSA) is 199 Å². The fraction of sp³-hybridized carbons (Fsp3) is 0.700. The smallest absolute Gasteiger partial charge is 0.394 e. The van der Waals surface area contributed by atoms with E-state index < -0.39 is 87.5 Å². The first-order valence-electron chi connectivity index (χ1n) is 11.5. The van der Waals surface area contributed by atoms with E-state index in [-0.39, 0.29) is 18.5 Å². The minimum absolute atomic E-state index is 0.0110. The van der Waals surface area contributed by atoms with Gasteiger partial charge in [0.15, 0.2) is 0 Å². The molecule has 5 aliphatic heterocycles. The van der Waals surface area contributed by atoms with Crippen LogP contribution >= 0.6 is 7.82 Å². The molecular weight excluding hydrogens is 503 g/mol. The molecule has 0 aliphatic carbocycles. The molecule has 0 aromatic carbocycles. The molecule has 36 heavy (non-hydrogen) atoms. The Morgan fingerprint density at radius 1 is 1.19 bits per heavy atom. The molecule has 0 spiro atoms. The number of carbonyl (C=O) groups is 2. The van der Waals surface area contributed by atoms with Crippen molar-refractivity contribution in [1.29, 1.82) is 0 Å². The normalized spacial score (nSPS) is 40.9. The number of amides is 3. The van der Waals surface area contributed by atoms with Gasteiger partial charge in [-0.15, -0.1) is 0 Å². The lowest BCUT2D eigenvalue weighted by molar-refractivity contribution is -0.133. The predicted octanol–water partition coefficient (Wildman–Crippen LogP) is -0.948. The highest BCUT2D eigenvalue weighted by Gasteiger charge is 2.51. The van der Waals surface area contributed by atoms with Crippen LogP contribution in [0.1, 0.15) is 43.3 Å². The van der Waals surface area contributed by atoms with E-state index in [4.69, 9.17) is 18.5 Å².